The van der Waals surface area contributed by atoms with Crippen molar-refractivity contribution in [1.29, 1.82) is 0 Å². The third-order valence-corrected chi connectivity index (χ3v) is 6.71. The normalized spacial score (nSPS) is 11.0. The Balaban J connectivity index is 2.09. The van der Waals surface area contributed by atoms with E-state index in [0.29, 0.717) is 11.4 Å². The van der Waals surface area contributed by atoms with Gasteiger partial charge in [-0.15, -0.1) is 0 Å². The Labute approximate surface area is 258 Å². The highest BCUT2D eigenvalue weighted by molar-refractivity contribution is 6.37. The van der Waals surface area contributed by atoms with E-state index in [4.69, 9.17) is 9.47 Å². The monoisotopic (exact) mass is 600 g/mol. The summed E-state index contributed by atoms with van der Waals surface area (Å²) in [5, 5.41) is 1.51. The molecule has 0 unspecified atom stereocenters. The maximum absolute atomic E-state index is 14.1. The molecule has 3 rings (SSSR count). The standard InChI is InChI=1S/C35H40N2O7/c1-8-10-19-43-33(41)28-13-11-12-14-29(28)44-34(42)32(40)36(30(38)26-17-15-25(9-2)16-18-26)37(35(5,6)7)31(39)27-21-23(3)20-24(4)22-27/h11-18,20-22H,8-10,19H2,1-7H3. The van der Waals surface area contributed by atoms with E-state index in [0.717, 1.165) is 34.5 Å². The van der Waals surface area contributed by atoms with Crippen molar-refractivity contribution in [2.24, 2.45) is 0 Å². The largest absolute Gasteiger partial charge is 0.462 e. The Morgan fingerprint density at radius 2 is 1.39 bits per heavy atom. The number of amides is 3. The molecule has 0 aromatic heterocycles. The first kappa shape index (κ1) is 33.7. The van der Waals surface area contributed by atoms with Crippen molar-refractivity contribution < 1.29 is 33.4 Å². The van der Waals surface area contributed by atoms with Gasteiger partial charge in [0, 0.05) is 11.1 Å². The minimum absolute atomic E-state index is 0.0585. The average Bonchev–Trinajstić information content (AvgIpc) is 2.98. The third-order valence-electron chi connectivity index (χ3n) is 6.71. The molecule has 0 atom stereocenters. The maximum Gasteiger partial charge on any atom is 0.404 e. The highest BCUT2D eigenvalue weighted by atomic mass is 16.6. The lowest BCUT2D eigenvalue weighted by atomic mass is 10.0. The summed E-state index contributed by atoms with van der Waals surface area (Å²) in [5.74, 6) is -5.36. The highest BCUT2D eigenvalue weighted by Gasteiger charge is 2.43. The van der Waals surface area contributed by atoms with E-state index in [-0.39, 0.29) is 29.0 Å². The van der Waals surface area contributed by atoms with E-state index >= 15 is 0 Å². The maximum atomic E-state index is 14.1. The molecule has 0 fully saturated rings. The van der Waals surface area contributed by atoms with Gasteiger partial charge >= 0.3 is 17.8 Å². The van der Waals surface area contributed by atoms with Crippen LogP contribution in [0.1, 0.15) is 95.2 Å². The Kier molecular flexibility index (Phi) is 11.2. The average molecular weight is 601 g/mol. The summed E-state index contributed by atoms with van der Waals surface area (Å²) in [6, 6.07) is 17.6. The molecule has 0 spiro atoms. The van der Waals surface area contributed by atoms with Crippen molar-refractivity contribution in [2.75, 3.05) is 6.61 Å². The Bertz CT molecular complexity index is 1520. The molecule has 0 saturated heterocycles. The number of hydrazine groups is 1. The second-order valence-electron chi connectivity index (χ2n) is 11.5. The van der Waals surface area contributed by atoms with Crippen molar-refractivity contribution >= 4 is 29.7 Å². The molecule has 9 heteroatoms. The molecule has 0 aliphatic rings. The smallest absolute Gasteiger partial charge is 0.404 e. The fraction of sp³-hybridized carbons (Fsp3) is 0.343. The van der Waals surface area contributed by atoms with Gasteiger partial charge in [-0.25, -0.2) is 14.6 Å². The van der Waals surface area contributed by atoms with E-state index in [1.54, 1.807) is 51.1 Å². The van der Waals surface area contributed by atoms with Gasteiger partial charge in [0.05, 0.1) is 12.1 Å². The lowest BCUT2D eigenvalue weighted by Crippen LogP contribution is -2.62. The van der Waals surface area contributed by atoms with Gasteiger partial charge in [-0.3, -0.25) is 14.4 Å². The van der Waals surface area contributed by atoms with Crippen molar-refractivity contribution in [3.8, 4) is 5.75 Å². The van der Waals surface area contributed by atoms with Crippen LogP contribution in [0.5, 0.6) is 5.75 Å². The number of rotatable bonds is 8. The van der Waals surface area contributed by atoms with Crippen molar-refractivity contribution in [3.05, 3.63) is 100 Å². The predicted octanol–water partition coefficient (Wildman–Crippen LogP) is 6.25. The zero-order valence-corrected chi connectivity index (χ0v) is 26.4. The quantitative estimate of drug-likeness (QED) is 0.0988. The molecule has 0 bridgehead atoms. The number of hydrogen-bond acceptors (Lipinski definition) is 7. The van der Waals surface area contributed by atoms with Gasteiger partial charge in [-0.1, -0.05) is 61.7 Å². The molecular formula is C35H40N2O7. The zero-order chi connectivity index (χ0) is 32.6. The molecule has 0 aliphatic heterocycles. The lowest BCUT2D eigenvalue weighted by Gasteiger charge is -2.41. The molecule has 0 radical (unpaired) electrons. The number of nitrogens with zero attached hydrogens (tertiary/aromatic N) is 2. The van der Waals surface area contributed by atoms with Crippen molar-refractivity contribution in [3.63, 3.8) is 0 Å². The Hall–Kier alpha value is -4.79. The van der Waals surface area contributed by atoms with Crippen LogP contribution in [0.3, 0.4) is 0 Å². The summed E-state index contributed by atoms with van der Waals surface area (Å²) in [5.41, 5.74) is 1.69. The zero-order valence-electron chi connectivity index (χ0n) is 26.4. The van der Waals surface area contributed by atoms with Gasteiger partial charge < -0.3 is 9.47 Å². The number of esters is 2. The fourth-order valence-electron chi connectivity index (χ4n) is 4.54. The first-order valence-electron chi connectivity index (χ1n) is 14.7. The second-order valence-corrected chi connectivity index (χ2v) is 11.5. The molecule has 232 valence electrons. The van der Waals surface area contributed by atoms with Crippen LogP contribution >= 0.6 is 0 Å². The van der Waals surface area contributed by atoms with Gasteiger partial charge in [0.25, 0.3) is 11.8 Å². The van der Waals surface area contributed by atoms with Gasteiger partial charge in [0.2, 0.25) is 0 Å². The van der Waals surface area contributed by atoms with E-state index in [1.807, 2.05) is 33.8 Å². The van der Waals surface area contributed by atoms with Crippen LogP contribution in [0.4, 0.5) is 0 Å². The van der Waals surface area contributed by atoms with Crippen LogP contribution < -0.4 is 4.74 Å². The van der Waals surface area contributed by atoms with Crippen LogP contribution in [-0.2, 0) is 20.7 Å². The number of carbonyl (C=O) groups is 5. The van der Waals surface area contributed by atoms with Gasteiger partial charge in [0.15, 0.2) is 0 Å². The molecule has 3 amide bonds. The molecule has 0 N–H and O–H groups in total. The summed E-state index contributed by atoms with van der Waals surface area (Å²) in [7, 11) is 0. The molecule has 0 heterocycles. The summed E-state index contributed by atoms with van der Waals surface area (Å²) >= 11 is 0. The highest BCUT2D eigenvalue weighted by Crippen LogP contribution is 2.26. The fourth-order valence-corrected chi connectivity index (χ4v) is 4.54. The molecule has 9 nitrogen and oxygen atoms in total. The summed E-state index contributed by atoms with van der Waals surface area (Å²) in [6.07, 6.45) is 2.19. The Morgan fingerprint density at radius 1 is 0.773 bits per heavy atom. The van der Waals surface area contributed by atoms with Crippen LogP contribution in [0, 0.1) is 13.8 Å². The first-order valence-corrected chi connectivity index (χ1v) is 14.7. The third kappa shape index (κ3) is 8.18. The predicted molar refractivity (Wildman–Crippen MR) is 166 cm³/mol. The van der Waals surface area contributed by atoms with E-state index in [1.165, 1.54) is 30.3 Å². The van der Waals surface area contributed by atoms with Crippen LogP contribution in [0.15, 0.2) is 66.7 Å². The minimum atomic E-state index is -1.46. The molecule has 0 aliphatic carbocycles. The van der Waals surface area contributed by atoms with E-state index in [9.17, 15) is 24.0 Å². The molecule has 0 saturated carbocycles. The lowest BCUT2D eigenvalue weighted by molar-refractivity contribution is -0.161. The molecule has 3 aromatic rings. The number of unbranched alkanes of at least 4 members (excludes halogenated alkanes) is 1. The van der Waals surface area contributed by atoms with Crippen molar-refractivity contribution in [1.82, 2.24) is 10.0 Å². The first-order chi connectivity index (χ1) is 20.8. The topological polar surface area (TPSA) is 110 Å². The summed E-state index contributed by atoms with van der Waals surface area (Å²) < 4.78 is 10.7. The summed E-state index contributed by atoms with van der Waals surface area (Å²) in [6.45, 7) is 12.7. The van der Waals surface area contributed by atoms with Gasteiger partial charge in [0.1, 0.15) is 11.3 Å². The van der Waals surface area contributed by atoms with Crippen LogP contribution in [0.25, 0.3) is 0 Å². The molecule has 44 heavy (non-hydrogen) atoms. The number of ether oxygens (including phenoxy) is 2. The van der Waals surface area contributed by atoms with E-state index in [2.05, 4.69) is 0 Å². The van der Waals surface area contributed by atoms with Gasteiger partial charge in [-0.05, 0) is 89.4 Å². The number of para-hydroxylation sites is 1. The Morgan fingerprint density at radius 3 is 1.95 bits per heavy atom. The van der Waals surface area contributed by atoms with E-state index < -0.39 is 35.2 Å². The second kappa shape index (κ2) is 14.6. The number of hydrogen-bond donors (Lipinski definition) is 0. The van der Waals surface area contributed by atoms with Crippen LogP contribution in [0.2, 0.25) is 0 Å². The number of aryl methyl sites for hydroxylation is 3. The van der Waals surface area contributed by atoms with Gasteiger partial charge in [-0.2, -0.15) is 5.01 Å². The van der Waals surface area contributed by atoms with Crippen LogP contribution in [-0.4, -0.2) is 51.8 Å². The molecular weight excluding hydrogens is 560 g/mol. The number of imide groups is 1. The number of benzene rings is 3. The van der Waals surface area contributed by atoms with Crippen molar-refractivity contribution in [2.45, 2.75) is 73.3 Å². The summed E-state index contributed by atoms with van der Waals surface area (Å²) in [4.78, 5) is 68.3. The SMILES string of the molecule is CCCCOC(=O)c1ccccc1OC(=O)C(=O)N(C(=O)c1ccc(CC)cc1)N(C(=O)c1cc(C)cc(C)c1)C(C)(C)C. The number of carbonyl (C=O) groups excluding carboxylic acids is 5. The molecule has 3 aromatic carbocycles. The minimum Gasteiger partial charge on any atom is -0.462 e.